The smallest absolute Gasteiger partial charge is 0.258 e. The number of nitrogens with one attached hydrogen (secondary N) is 2. The number of aromatic hydroxyl groups is 1. The van der Waals surface area contributed by atoms with Gasteiger partial charge in [0, 0.05) is 29.7 Å². The van der Waals surface area contributed by atoms with Gasteiger partial charge in [0.25, 0.3) is 5.91 Å². The summed E-state index contributed by atoms with van der Waals surface area (Å²) in [7, 11) is 0. The fourth-order valence-corrected chi connectivity index (χ4v) is 4.01. The molecule has 0 aliphatic carbocycles. The van der Waals surface area contributed by atoms with Crippen LogP contribution >= 0.6 is 0 Å². The number of phenolic OH excluding ortho intramolecular Hbond substituents is 1. The second kappa shape index (κ2) is 9.09. The highest BCUT2D eigenvalue weighted by Gasteiger charge is 2.35. The van der Waals surface area contributed by atoms with Crippen molar-refractivity contribution in [1.82, 2.24) is 4.90 Å². The Labute approximate surface area is 186 Å². The third-order valence-corrected chi connectivity index (χ3v) is 5.68. The molecule has 7 nitrogen and oxygen atoms in total. The summed E-state index contributed by atoms with van der Waals surface area (Å²) in [6, 6.07) is 17.0. The van der Waals surface area contributed by atoms with Gasteiger partial charge in [-0.1, -0.05) is 43.3 Å². The number of nitrogens with zero attached hydrogens (tertiary/aromatic N) is 1. The Kier molecular flexibility index (Phi) is 6.07. The molecule has 1 aliphatic rings. The van der Waals surface area contributed by atoms with Crippen molar-refractivity contribution in [3.8, 4) is 5.75 Å². The molecule has 0 radical (unpaired) electrons. The zero-order chi connectivity index (χ0) is 22.7. The molecule has 1 heterocycles. The normalized spacial score (nSPS) is 15.5. The van der Waals surface area contributed by atoms with Crippen molar-refractivity contribution in [2.45, 2.75) is 32.2 Å². The van der Waals surface area contributed by atoms with E-state index in [-0.39, 0.29) is 29.0 Å². The van der Waals surface area contributed by atoms with Crippen LogP contribution in [0.2, 0.25) is 0 Å². The van der Waals surface area contributed by atoms with Crippen molar-refractivity contribution >= 4 is 39.9 Å². The van der Waals surface area contributed by atoms with Crippen LogP contribution in [-0.4, -0.2) is 40.3 Å². The van der Waals surface area contributed by atoms with E-state index in [9.17, 15) is 19.5 Å². The molecule has 0 bridgehead atoms. The van der Waals surface area contributed by atoms with Gasteiger partial charge in [0.05, 0.1) is 5.56 Å². The SMILES string of the molecule is CCC(=O)Nc1cccc(NC(=O)C2CCCN2C(=O)c2ccc3ccccc3c2O)c1. The number of benzene rings is 3. The van der Waals surface area contributed by atoms with E-state index in [2.05, 4.69) is 10.6 Å². The fraction of sp³-hybridized carbons (Fsp3) is 0.240. The highest BCUT2D eigenvalue weighted by molar-refractivity contribution is 6.06. The number of rotatable bonds is 5. The topological polar surface area (TPSA) is 98.7 Å². The second-order valence-electron chi connectivity index (χ2n) is 7.81. The number of hydrogen-bond acceptors (Lipinski definition) is 4. The first-order valence-electron chi connectivity index (χ1n) is 10.7. The predicted molar refractivity (Wildman–Crippen MR) is 124 cm³/mol. The summed E-state index contributed by atoms with van der Waals surface area (Å²) in [4.78, 5) is 39.4. The minimum Gasteiger partial charge on any atom is -0.506 e. The molecule has 0 saturated carbocycles. The molecule has 164 valence electrons. The molecular weight excluding hydrogens is 406 g/mol. The molecule has 4 rings (SSSR count). The molecule has 32 heavy (non-hydrogen) atoms. The van der Waals surface area contributed by atoms with E-state index >= 15 is 0 Å². The quantitative estimate of drug-likeness (QED) is 0.565. The Balaban J connectivity index is 1.52. The molecule has 3 N–H and O–H groups in total. The average molecular weight is 431 g/mol. The first-order valence-corrected chi connectivity index (χ1v) is 10.7. The largest absolute Gasteiger partial charge is 0.506 e. The Morgan fingerprint density at radius 1 is 1.00 bits per heavy atom. The number of amides is 3. The molecule has 3 amide bonds. The van der Waals surface area contributed by atoms with Gasteiger partial charge >= 0.3 is 0 Å². The summed E-state index contributed by atoms with van der Waals surface area (Å²) in [6.45, 7) is 2.20. The van der Waals surface area contributed by atoms with Crippen LogP contribution in [0.25, 0.3) is 10.8 Å². The lowest BCUT2D eigenvalue weighted by atomic mass is 10.0. The zero-order valence-corrected chi connectivity index (χ0v) is 17.8. The Morgan fingerprint density at radius 3 is 2.53 bits per heavy atom. The van der Waals surface area contributed by atoms with Crippen molar-refractivity contribution < 1.29 is 19.5 Å². The first kappa shape index (κ1) is 21.4. The first-order chi connectivity index (χ1) is 15.5. The van der Waals surface area contributed by atoms with Gasteiger partial charge in [0.15, 0.2) is 0 Å². The van der Waals surface area contributed by atoms with Crippen molar-refractivity contribution in [2.24, 2.45) is 0 Å². The summed E-state index contributed by atoms with van der Waals surface area (Å²) >= 11 is 0. The van der Waals surface area contributed by atoms with Gasteiger partial charge in [-0.25, -0.2) is 0 Å². The van der Waals surface area contributed by atoms with Gasteiger partial charge < -0.3 is 20.6 Å². The van der Waals surface area contributed by atoms with Gasteiger partial charge in [-0.15, -0.1) is 0 Å². The van der Waals surface area contributed by atoms with E-state index < -0.39 is 6.04 Å². The van der Waals surface area contributed by atoms with Crippen molar-refractivity contribution in [1.29, 1.82) is 0 Å². The van der Waals surface area contributed by atoms with Gasteiger partial charge in [-0.2, -0.15) is 0 Å². The van der Waals surface area contributed by atoms with Crippen molar-refractivity contribution in [3.63, 3.8) is 0 Å². The van der Waals surface area contributed by atoms with E-state index in [4.69, 9.17) is 0 Å². The van der Waals surface area contributed by atoms with E-state index in [1.54, 1.807) is 55.5 Å². The summed E-state index contributed by atoms with van der Waals surface area (Å²) in [5, 5.41) is 17.7. The lowest BCUT2D eigenvalue weighted by Crippen LogP contribution is -2.43. The Morgan fingerprint density at radius 2 is 1.75 bits per heavy atom. The molecule has 0 spiro atoms. The fourth-order valence-electron chi connectivity index (χ4n) is 4.01. The van der Waals surface area contributed by atoms with Crippen molar-refractivity contribution in [2.75, 3.05) is 17.2 Å². The number of hydrogen-bond donors (Lipinski definition) is 3. The van der Waals surface area contributed by atoms with E-state index in [1.165, 1.54) is 4.90 Å². The van der Waals surface area contributed by atoms with E-state index in [0.717, 1.165) is 5.39 Å². The molecule has 1 unspecified atom stereocenters. The van der Waals surface area contributed by atoms with Crippen LogP contribution in [0.3, 0.4) is 0 Å². The molecular formula is C25H25N3O4. The minimum atomic E-state index is -0.637. The average Bonchev–Trinajstić information content (AvgIpc) is 3.29. The summed E-state index contributed by atoms with van der Waals surface area (Å²) in [5.74, 6) is -0.847. The van der Waals surface area contributed by atoms with E-state index in [1.807, 2.05) is 12.1 Å². The third kappa shape index (κ3) is 4.27. The standard InChI is InChI=1S/C25H25N3O4/c1-2-22(29)26-17-8-5-9-18(15-17)27-24(31)21-11-6-14-28(21)25(32)20-13-12-16-7-3-4-10-19(16)23(20)30/h3-5,7-10,12-13,15,21,30H,2,6,11,14H2,1H3,(H,26,29)(H,27,31). The monoisotopic (exact) mass is 431 g/mol. The number of likely N-dealkylation sites (tertiary alicyclic amines) is 1. The van der Waals surface area contributed by atoms with Gasteiger partial charge in [0.1, 0.15) is 11.8 Å². The van der Waals surface area contributed by atoms with Crippen LogP contribution in [0.5, 0.6) is 5.75 Å². The van der Waals surface area contributed by atoms with Crippen LogP contribution in [0.4, 0.5) is 11.4 Å². The van der Waals surface area contributed by atoms with Gasteiger partial charge in [-0.3, -0.25) is 14.4 Å². The third-order valence-electron chi connectivity index (χ3n) is 5.68. The maximum atomic E-state index is 13.2. The lowest BCUT2D eigenvalue weighted by Gasteiger charge is -2.24. The molecule has 3 aromatic carbocycles. The highest BCUT2D eigenvalue weighted by Crippen LogP contribution is 2.31. The van der Waals surface area contributed by atoms with Crippen LogP contribution < -0.4 is 10.6 Å². The number of carbonyl (C=O) groups is 3. The molecule has 1 saturated heterocycles. The summed E-state index contributed by atoms with van der Waals surface area (Å²) in [5.41, 5.74) is 1.32. The Bertz CT molecular complexity index is 1190. The van der Waals surface area contributed by atoms with Gasteiger partial charge in [-0.05, 0) is 42.5 Å². The van der Waals surface area contributed by atoms with Crippen LogP contribution in [0.1, 0.15) is 36.5 Å². The van der Waals surface area contributed by atoms with Gasteiger partial charge in [0.2, 0.25) is 11.8 Å². The number of fused-ring (bicyclic) bond motifs is 1. The molecule has 1 fully saturated rings. The molecule has 1 aliphatic heterocycles. The van der Waals surface area contributed by atoms with E-state index in [0.29, 0.717) is 42.6 Å². The Hall–Kier alpha value is -3.87. The van der Waals surface area contributed by atoms with Crippen LogP contribution in [0, 0.1) is 0 Å². The molecule has 3 aromatic rings. The molecule has 1 atom stereocenters. The van der Waals surface area contributed by atoms with Crippen LogP contribution in [-0.2, 0) is 9.59 Å². The minimum absolute atomic E-state index is 0.0708. The zero-order valence-electron chi connectivity index (χ0n) is 17.8. The van der Waals surface area contributed by atoms with Crippen LogP contribution in [0.15, 0.2) is 60.7 Å². The maximum absolute atomic E-state index is 13.2. The highest BCUT2D eigenvalue weighted by atomic mass is 16.3. The summed E-state index contributed by atoms with van der Waals surface area (Å²) in [6.07, 6.45) is 1.60. The lowest BCUT2D eigenvalue weighted by molar-refractivity contribution is -0.119. The molecule has 7 heteroatoms. The molecule has 0 aromatic heterocycles. The number of carbonyl (C=O) groups excluding carboxylic acids is 3. The van der Waals surface area contributed by atoms with Crippen molar-refractivity contribution in [3.05, 3.63) is 66.2 Å². The maximum Gasteiger partial charge on any atom is 0.258 e. The second-order valence-corrected chi connectivity index (χ2v) is 7.81. The number of anilines is 2. The summed E-state index contributed by atoms with van der Waals surface area (Å²) < 4.78 is 0. The number of phenols is 1. The predicted octanol–water partition coefficient (Wildman–Crippen LogP) is 4.14.